The minimum atomic E-state index is -0.102. The van der Waals surface area contributed by atoms with Crippen LogP contribution in [0.3, 0.4) is 0 Å². The first-order valence-corrected chi connectivity index (χ1v) is 16.8. The molecule has 1 aliphatic carbocycles. The van der Waals surface area contributed by atoms with Gasteiger partial charge in [0.2, 0.25) is 0 Å². The van der Waals surface area contributed by atoms with Crippen LogP contribution in [0.5, 0.6) is 0 Å². The van der Waals surface area contributed by atoms with E-state index in [9.17, 15) is 0 Å². The fraction of sp³-hybridized carbons (Fsp3) is 0.0652. The van der Waals surface area contributed by atoms with Crippen LogP contribution < -0.4 is 0 Å². The van der Waals surface area contributed by atoms with Crippen molar-refractivity contribution in [3.05, 3.63) is 175 Å². The Hall–Kier alpha value is -6.19. The van der Waals surface area contributed by atoms with E-state index in [0.29, 0.717) is 17.5 Å². The van der Waals surface area contributed by atoms with Crippen molar-refractivity contribution in [2.45, 2.75) is 19.3 Å². The second-order valence-electron chi connectivity index (χ2n) is 13.3. The highest BCUT2D eigenvalue weighted by atomic mass is 15.0. The van der Waals surface area contributed by atoms with Crippen molar-refractivity contribution in [2.24, 2.45) is 0 Å². The van der Waals surface area contributed by atoms with E-state index in [1.807, 2.05) is 60.7 Å². The predicted octanol–water partition coefficient (Wildman–Crippen LogP) is 11.7. The van der Waals surface area contributed by atoms with E-state index in [1.165, 1.54) is 44.2 Å². The van der Waals surface area contributed by atoms with E-state index in [4.69, 9.17) is 15.0 Å². The van der Waals surface area contributed by atoms with Crippen LogP contribution >= 0.6 is 0 Å². The van der Waals surface area contributed by atoms with Crippen molar-refractivity contribution in [3.8, 4) is 67.5 Å². The Morgan fingerprint density at radius 3 is 1.47 bits per heavy atom. The number of rotatable bonds is 5. The molecule has 0 saturated heterocycles. The zero-order chi connectivity index (χ0) is 33.0. The third-order valence-electron chi connectivity index (χ3n) is 9.89. The van der Waals surface area contributed by atoms with E-state index in [0.717, 1.165) is 27.8 Å². The lowest BCUT2D eigenvalue weighted by Crippen LogP contribution is -2.15. The van der Waals surface area contributed by atoms with Crippen LogP contribution in [-0.2, 0) is 5.41 Å². The van der Waals surface area contributed by atoms with Gasteiger partial charge in [-0.05, 0) is 73.5 Å². The number of aromatic nitrogens is 3. The first kappa shape index (κ1) is 29.0. The molecule has 0 saturated carbocycles. The molecule has 3 heteroatoms. The van der Waals surface area contributed by atoms with Crippen molar-refractivity contribution in [1.82, 2.24) is 15.0 Å². The smallest absolute Gasteiger partial charge is 0.164 e. The Bertz CT molecular complexity index is 2460. The molecular formula is C46H33N3. The van der Waals surface area contributed by atoms with Gasteiger partial charge in [-0.1, -0.05) is 159 Å². The molecule has 3 nitrogen and oxygen atoms in total. The van der Waals surface area contributed by atoms with Crippen molar-refractivity contribution >= 4 is 10.8 Å². The van der Waals surface area contributed by atoms with E-state index >= 15 is 0 Å². The lowest BCUT2D eigenvalue weighted by molar-refractivity contribution is 0.666. The monoisotopic (exact) mass is 627 g/mol. The Labute approximate surface area is 286 Å². The summed E-state index contributed by atoms with van der Waals surface area (Å²) in [7, 11) is 0. The molecule has 0 amide bonds. The Kier molecular flexibility index (Phi) is 6.80. The van der Waals surface area contributed by atoms with E-state index in [1.54, 1.807) is 0 Å². The average molecular weight is 628 g/mol. The Balaban J connectivity index is 1.10. The summed E-state index contributed by atoms with van der Waals surface area (Å²) in [6.45, 7) is 4.73. The quantitative estimate of drug-likeness (QED) is 0.191. The molecule has 1 aliphatic rings. The highest BCUT2D eigenvalue weighted by Crippen LogP contribution is 2.52. The molecule has 0 aliphatic heterocycles. The van der Waals surface area contributed by atoms with Gasteiger partial charge in [-0.3, -0.25) is 0 Å². The predicted molar refractivity (Wildman–Crippen MR) is 202 cm³/mol. The molecule has 0 atom stereocenters. The zero-order valence-electron chi connectivity index (χ0n) is 27.4. The molecule has 7 aromatic carbocycles. The van der Waals surface area contributed by atoms with Crippen molar-refractivity contribution in [1.29, 1.82) is 0 Å². The molecule has 9 rings (SSSR count). The molecule has 0 unspecified atom stereocenters. The van der Waals surface area contributed by atoms with Gasteiger partial charge in [-0.15, -0.1) is 0 Å². The van der Waals surface area contributed by atoms with Crippen LogP contribution in [0, 0.1) is 0 Å². The first-order valence-electron chi connectivity index (χ1n) is 16.8. The van der Waals surface area contributed by atoms with Crippen molar-refractivity contribution < 1.29 is 0 Å². The maximum absolute atomic E-state index is 4.96. The van der Waals surface area contributed by atoms with Gasteiger partial charge in [0.25, 0.3) is 0 Å². The Morgan fingerprint density at radius 2 is 0.837 bits per heavy atom. The Morgan fingerprint density at radius 1 is 0.367 bits per heavy atom. The van der Waals surface area contributed by atoms with Gasteiger partial charge in [0.1, 0.15) is 0 Å². The largest absolute Gasteiger partial charge is 0.208 e. The molecule has 0 N–H and O–H groups in total. The summed E-state index contributed by atoms with van der Waals surface area (Å²) in [6.07, 6.45) is 0. The summed E-state index contributed by atoms with van der Waals surface area (Å²) in [5.41, 5.74) is 12.9. The van der Waals surface area contributed by atoms with Crippen molar-refractivity contribution in [2.75, 3.05) is 0 Å². The molecule has 232 valence electrons. The van der Waals surface area contributed by atoms with Crippen molar-refractivity contribution in [3.63, 3.8) is 0 Å². The highest BCUT2D eigenvalue weighted by molar-refractivity contribution is 5.98. The lowest BCUT2D eigenvalue weighted by atomic mass is 9.79. The van der Waals surface area contributed by atoms with E-state index in [-0.39, 0.29) is 5.41 Å². The number of hydrogen-bond donors (Lipinski definition) is 0. The van der Waals surface area contributed by atoms with Crippen LogP contribution in [0.25, 0.3) is 78.3 Å². The second-order valence-corrected chi connectivity index (χ2v) is 13.3. The van der Waals surface area contributed by atoms with Gasteiger partial charge >= 0.3 is 0 Å². The molecular weight excluding hydrogens is 595 g/mol. The first-order chi connectivity index (χ1) is 24.0. The molecule has 1 heterocycles. The van der Waals surface area contributed by atoms with E-state index < -0.39 is 0 Å². The third kappa shape index (κ3) is 5.03. The van der Waals surface area contributed by atoms with Crippen LogP contribution in [0.4, 0.5) is 0 Å². The molecule has 8 aromatic rings. The normalized spacial score (nSPS) is 12.9. The van der Waals surface area contributed by atoms with Gasteiger partial charge in [0, 0.05) is 22.1 Å². The number of benzene rings is 7. The standard InChI is InChI=1S/C46H33N3/c1-46(2)41-29-36(24-25-39(41)40-26-23-30-13-9-10-22-38(30)42(40)46)34-19-11-18-33(27-34)35-20-12-21-37(28-35)45-48-43(31-14-5-3-6-15-31)47-44(49-45)32-16-7-4-8-17-32/h3-29H,1-2H3. The zero-order valence-corrected chi connectivity index (χ0v) is 27.4. The SMILES string of the molecule is CC1(C)c2cc(-c3cccc(-c4cccc(-c5nc(-c6ccccc6)nc(-c6ccccc6)n5)c4)c3)ccc2-c2ccc3ccccc3c21. The average Bonchev–Trinajstić information content (AvgIpc) is 3.41. The molecule has 0 bridgehead atoms. The summed E-state index contributed by atoms with van der Waals surface area (Å²) >= 11 is 0. The van der Waals surface area contributed by atoms with Gasteiger partial charge in [0.05, 0.1) is 0 Å². The molecule has 1 aromatic heterocycles. The summed E-state index contributed by atoms with van der Waals surface area (Å²) in [6, 6.07) is 57.9. The molecule has 0 spiro atoms. The summed E-state index contributed by atoms with van der Waals surface area (Å²) in [5, 5.41) is 2.64. The van der Waals surface area contributed by atoms with E-state index in [2.05, 4.69) is 117 Å². The maximum Gasteiger partial charge on any atom is 0.164 e. The number of fused-ring (bicyclic) bond motifs is 5. The number of nitrogens with zero attached hydrogens (tertiary/aromatic N) is 3. The summed E-state index contributed by atoms with van der Waals surface area (Å²) in [5.74, 6) is 1.97. The van der Waals surface area contributed by atoms with Gasteiger partial charge in [-0.2, -0.15) is 0 Å². The van der Waals surface area contributed by atoms with Crippen LogP contribution in [0.2, 0.25) is 0 Å². The molecule has 49 heavy (non-hydrogen) atoms. The van der Waals surface area contributed by atoms with Crippen LogP contribution in [-0.4, -0.2) is 15.0 Å². The summed E-state index contributed by atoms with van der Waals surface area (Å²) in [4.78, 5) is 14.8. The minimum Gasteiger partial charge on any atom is -0.208 e. The van der Waals surface area contributed by atoms with Crippen LogP contribution in [0.1, 0.15) is 25.0 Å². The second kappa shape index (κ2) is 11.5. The topological polar surface area (TPSA) is 38.7 Å². The highest BCUT2D eigenvalue weighted by Gasteiger charge is 2.37. The van der Waals surface area contributed by atoms with Gasteiger partial charge in [-0.25, -0.2) is 15.0 Å². The van der Waals surface area contributed by atoms with Gasteiger partial charge < -0.3 is 0 Å². The fourth-order valence-electron chi connectivity index (χ4n) is 7.43. The minimum absolute atomic E-state index is 0.102. The maximum atomic E-state index is 4.96. The lowest BCUT2D eigenvalue weighted by Gasteiger charge is -2.23. The number of hydrogen-bond acceptors (Lipinski definition) is 3. The van der Waals surface area contributed by atoms with Crippen LogP contribution in [0.15, 0.2) is 164 Å². The third-order valence-corrected chi connectivity index (χ3v) is 9.89. The molecule has 0 radical (unpaired) electrons. The molecule has 0 fully saturated rings. The van der Waals surface area contributed by atoms with Gasteiger partial charge in [0.15, 0.2) is 17.5 Å². The fourth-order valence-corrected chi connectivity index (χ4v) is 7.43. The summed E-state index contributed by atoms with van der Waals surface area (Å²) < 4.78 is 0.